The Morgan fingerprint density at radius 1 is 0.492 bits per heavy atom. The molecular formula is C55H46O8. The first-order chi connectivity index (χ1) is 30.5. The number of esters is 2. The van der Waals surface area contributed by atoms with E-state index >= 15 is 0 Å². The highest BCUT2D eigenvalue weighted by molar-refractivity contribution is 6.07. The van der Waals surface area contributed by atoms with E-state index in [0.29, 0.717) is 11.5 Å². The van der Waals surface area contributed by atoms with Gasteiger partial charge in [-0.25, -0.2) is 9.59 Å². The summed E-state index contributed by atoms with van der Waals surface area (Å²) in [6, 6.07) is 51.3. The maximum atomic E-state index is 11.8. The molecule has 314 valence electrons. The normalized spacial score (nSPS) is 13.6. The Bertz CT molecular complexity index is 2920. The van der Waals surface area contributed by atoms with Crippen molar-refractivity contribution < 1.29 is 38.7 Å². The number of aliphatic hydroxyl groups excluding tert-OH is 2. The van der Waals surface area contributed by atoms with Gasteiger partial charge in [0.25, 0.3) is 0 Å². The van der Waals surface area contributed by atoms with E-state index in [1.54, 1.807) is 13.8 Å². The standard InChI is InChI=1S/C55H46O8/c1-33(2)53(58)62-31-43(56)29-60-45-21-15-37-25-41(19-13-39(37)27-45)55(42-20-14-40-28-46(22-16-38(40)26-42)61-30-44(57)32-63-54(59)34(3)4)51-47-11-7-5-9-35(47)17-23-49(51)50-24-18-36-10-6-8-12-48(36)52(50)55/h5-28,43-44,56-57H,1,3,29-32H2,2,4H3. The van der Waals surface area contributed by atoms with Crippen LogP contribution in [0.3, 0.4) is 0 Å². The lowest BCUT2D eigenvalue weighted by Crippen LogP contribution is -2.29. The van der Waals surface area contributed by atoms with Crippen LogP contribution in [0, 0.1) is 0 Å². The number of fused-ring (bicyclic) bond motifs is 9. The van der Waals surface area contributed by atoms with Crippen molar-refractivity contribution >= 4 is 55.0 Å². The maximum Gasteiger partial charge on any atom is 0.333 e. The highest BCUT2D eigenvalue weighted by Gasteiger charge is 2.48. The van der Waals surface area contributed by atoms with Gasteiger partial charge in [0.05, 0.1) is 5.41 Å². The zero-order valence-corrected chi connectivity index (χ0v) is 35.1. The van der Waals surface area contributed by atoms with Crippen LogP contribution in [0.1, 0.15) is 36.1 Å². The summed E-state index contributed by atoms with van der Waals surface area (Å²) in [6.07, 6.45) is -2.00. The van der Waals surface area contributed by atoms with Gasteiger partial charge in [0.15, 0.2) is 0 Å². The average Bonchev–Trinajstić information content (AvgIpc) is 3.62. The summed E-state index contributed by atoms with van der Waals surface area (Å²) in [4.78, 5) is 23.7. The molecule has 8 aromatic carbocycles. The third-order valence-corrected chi connectivity index (χ3v) is 11.8. The molecule has 2 unspecified atom stereocenters. The topological polar surface area (TPSA) is 112 Å². The number of carbonyl (C=O) groups is 2. The second-order valence-corrected chi connectivity index (χ2v) is 16.3. The summed E-state index contributed by atoms with van der Waals surface area (Å²) >= 11 is 0. The SMILES string of the molecule is C=C(C)C(=O)OCC(O)COc1ccc2cc(C3(c4ccc5cc(OCC(O)COC(=O)C(=C)C)ccc5c4)c4c(ccc5ccccc45)-c4ccc5ccccc5c43)ccc2c1. The van der Waals surface area contributed by atoms with Gasteiger partial charge in [-0.05, 0) is 127 Å². The van der Waals surface area contributed by atoms with E-state index in [2.05, 4.69) is 122 Å². The first kappa shape index (κ1) is 41.1. The molecule has 0 saturated heterocycles. The Labute approximate surface area is 365 Å². The fourth-order valence-corrected chi connectivity index (χ4v) is 8.83. The summed E-state index contributed by atoms with van der Waals surface area (Å²) < 4.78 is 22.2. The molecule has 0 radical (unpaired) electrons. The van der Waals surface area contributed by atoms with Crippen LogP contribution in [-0.4, -0.2) is 60.8 Å². The second kappa shape index (κ2) is 16.9. The third kappa shape index (κ3) is 7.69. The Kier molecular flexibility index (Phi) is 11.0. The van der Waals surface area contributed by atoms with Crippen molar-refractivity contribution in [3.05, 3.63) is 192 Å². The van der Waals surface area contributed by atoms with E-state index < -0.39 is 29.6 Å². The molecule has 0 amide bonds. The molecule has 0 heterocycles. The highest BCUT2D eigenvalue weighted by atomic mass is 16.6. The van der Waals surface area contributed by atoms with Gasteiger partial charge in [-0.2, -0.15) is 0 Å². The lowest BCUT2D eigenvalue weighted by Gasteiger charge is -2.36. The number of hydrogen-bond donors (Lipinski definition) is 2. The van der Waals surface area contributed by atoms with Crippen LogP contribution in [0.25, 0.3) is 54.2 Å². The Balaban J connectivity index is 1.16. The highest BCUT2D eigenvalue weighted by Crippen LogP contribution is 2.60. The predicted molar refractivity (Wildman–Crippen MR) is 248 cm³/mol. The van der Waals surface area contributed by atoms with Crippen LogP contribution in [0.15, 0.2) is 170 Å². The first-order valence-electron chi connectivity index (χ1n) is 20.9. The van der Waals surface area contributed by atoms with E-state index in [4.69, 9.17) is 18.9 Å². The molecule has 9 rings (SSSR count). The summed E-state index contributed by atoms with van der Waals surface area (Å²) in [7, 11) is 0. The van der Waals surface area contributed by atoms with Crippen molar-refractivity contribution in [3.63, 3.8) is 0 Å². The minimum Gasteiger partial charge on any atom is -0.491 e. The number of benzene rings is 8. The molecule has 0 aromatic heterocycles. The maximum absolute atomic E-state index is 11.8. The van der Waals surface area contributed by atoms with Gasteiger partial charge < -0.3 is 29.2 Å². The van der Waals surface area contributed by atoms with Crippen molar-refractivity contribution in [1.29, 1.82) is 0 Å². The first-order valence-corrected chi connectivity index (χ1v) is 20.9. The molecule has 63 heavy (non-hydrogen) atoms. The number of aliphatic hydroxyl groups is 2. The predicted octanol–water partition coefficient (Wildman–Crippen LogP) is 10.4. The fraction of sp³-hybridized carbons (Fsp3) is 0.164. The zero-order chi connectivity index (χ0) is 43.8. The van der Waals surface area contributed by atoms with E-state index in [1.165, 1.54) is 33.0 Å². The van der Waals surface area contributed by atoms with Gasteiger partial charge >= 0.3 is 11.9 Å². The zero-order valence-electron chi connectivity index (χ0n) is 35.1. The van der Waals surface area contributed by atoms with Crippen molar-refractivity contribution in [2.45, 2.75) is 31.5 Å². The monoisotopic (exact) mass is 834 g/mol. The number of carbonyl (C=O) groups excluding carboxylic acids is 2. The van der Waals surface area contributed by atoms with Crippen molar-refractivity contribution in [1.82, 2.24) is 0 Å². The number of rotatable bonds is 14. The largest absolute Gasteiger partial charge is 0.491 e. The summed E-state index contributed by atoms with van der Waals surface area (Å²) in [5, 5.41) is 29.5. The van der Waals surface area contributed by atoms with Crippen LogP contribution in [0.5, 0.6) is 11.5 Å². The van der Waals surface area contributed by atoms with Crippen molar-refractivity contribution in [2.24, 2.45) is 0 Å². The van der Waals surface area contributed by atoms with Gasteiger partial charge in [0, 0.05) is 11.1 Å². The van der Waals surface area contributed by atoms with E-state index in [1.807, 2.05) is 36.4 Å². The van der Waals surface area contributed by atoms with Gasteiger partial charge in [-0.15, -0.1) is 0 Å². The summed E-state index contributed by atoms with van der Waals surface area (Å²) in [6.45, 7) is 9.80. The van der Waals surface area contributed by atoms with Crippen LogP contribution in [0.4, 0.5) is 0 Å². The van der Waals surface area contributed by atoms with Crippen LogP contribution in [-0.2, 0) is 24.5 Å². The van der Waals surface area contributed by atoms with Gasteiger partial charge in [-0.3, -0.25) is 0 Å². The second-order valence-electron chi connectivity index (χ2n) is 16.3. The van der Waals surface area contributed by atoms with E-state index in [0.717, 1.165) is 43.4 Å². The summed E-state index contributed by atoms with van der Waals surface area (Å²) in [5.41, 5.74) is 6.77. The molecule has 8 aromatic rings. The molecule has 1 aliphatic carbocycles. The quantitative estimate of drug-likeness (QED) is 0.0823. The van der Waals surface area contributed by atoms with Crippen LogP contribution in [0.2, 0.25) is 0 Å². The van der Waals surface area contributed by atoms with Crippen LogP contribution < -0.4 is 9.47 Å². The average molecular weight is 835 g/mol. The fourth-order valence-electron chi connectivity index (χ4n) is 8.83. The molecule has 0 saturated carbocycles. The smallest absolute Gasteiger partial charge is 0.333 e. The molecule has 0 bridgehead atoms. The molecule has 0 aliphatic heterocycles. The van der Waals surface area contributed by atoms with Crippen molar-refractivity contribution in [3.8, 4) is 22.6 Å². The van der Waals surface area contributed by atoms with Gasteiger partial charge in [0.1, 0.15) is 50.1 Å². The van der Waals surface area contributed by atoms with Crippen LogP contribution >= 0.6 is 0 Å². The lowest BCUT2D eigenvalue weighted by atomic mass is 9.65. The number of ether oxygens (including phenoxy) is 4. The minimum atomic E-state index is -1.00. The molecule has 8 heteroatoms. The molecule has 0 spiro atoms. The molecule has 1 aliphatic rings. The van der Waals surface area contributed by atoms with E-state index in [9.17, 15) is 19.8 Å². The van der Waals surface area contributed by atoms with E-state index in [-0.39, 0.29) is 37.6 Å². The third-order valence-electron chi connectivity index (χ3n) is 11.8. The Morgan fingerprint density at radius 3 is 1.30 bits per heavy atom. The molecule has 8 nitrogen and oxygen atoms in total. The summed E-state index contributed by atoms with van der Waals surface area (Å²) in [5.74, 6) is 0.0596. The van der Waals surface area contributed by atoms with Gasteiger partial charge in [0.2, 0.25) is 0 Å². The Morgan fingerprint density at radius 2 is 0.873 bits per heavy atom. The molecule has 2 N–H and O–H groups in total. The molecular weight excluding hydrogens is 789 g/mol. The Hall–Kier alpha value is -7.26. The molecule has 0 fully saturated rings. The minimum absolute atomic E-state index is 0.0472. The van der Waals surface area contributed by atoms with Crippen molar-refractivity contribution in [2.75, 3.05) is 26.4 Å². The molecule has 2 atom stereocenters. The lowest BCUT2D eigenvalue weighted by molar-refractivity contribution is -0.143. The van der Waals surface area contributed by atoms with Gasteiger partial charge in [-0.1, -0.05) is 122 Å². The number of hydrogen-bond acceptors (Lipinski definition) is 8.